The number of hydrogen-bond donors (Lipinski definition) is 0. The van der Waals surface area contributed by atoms with Gasteiger partial charge in [-0.15, -0.1) is 0 Å². The van der Waals surface area contributed by atoms with Crippen molar-refractivity contribution in [2.75, 3.05) is 9.80 Å². The van der Waals surface area contributed by atoms with Gasteiger partial charge in [-0.1, -0.05) is 308 Å². The lowest BCUT2D eigenvalue weighted by molar-refractivity contribution is 1.18. The van der Waals surface area contributed by atoms with Crippen LogP contribution in [-0.4, -0.2) is 33.8 Å². The Morgan fingerprint density at radius 2 is 0.533 bits per heavy atom. The molecule has 0 unspecified atom stereocenters. The summed E-state index contributed by atoms with van der Waals surface area (Å²) in [7, 11) is 0. The van der Waals surface area contributed by atoms with Crippen molar-refractivity contribution in [1.82, 2.24) is 13.7 Å². The van der Waals surface area contributed by atoms with Crippen LogP contribution in [0.4, 0.5) is 34.1 Å². The van der Waals surface area contributed by atoms with E-state index in [0.29, 0.717) is 0 Å². The maximum atomic E-state index is 2.49. The van der Waals surface area contributed by atoms with Crippen LogP contribution in [0.15, 0.2) is 394 Å². The van der Waals surface area contributed by atoms with Crippen LogP contribution in [0.3, 0.4) is 0 Å². The average Bonchev–Trinajstić information content (AvgIpc) is 1.61. The fourth-order valence-electron chi connectivity index (χ4n) is 17.7. The Morgan fingerprint density at radius 1 is 0.210 bits per heavy atom. The number of aryl methyl sites for hydroxylation is 1. The van der Waals surface area contributed by atoms with Crippen LogP contribution in [0.2, 0.25) is 0 Å². The van der Waals surface area contributed by atoms with Gasteiger partial charge in [0.25, 0.3) is 0 Å². The molecule has 19 aromatic rings. The van der Waals surface area contributed by atoms with E-state index in [0.717, 1.165) is 34.1 Å². The number of anilines is 6. The summed E-state index contributed by atoms with van der Waals surface area (Å²) in [5.74, 6) is 0. The van der Waals surface area contributed by atoms with Gasteiger partial charge in [-0.25, -0.2) is 0 Å². The van der Waals surface area contributed by atoms with Crippen molar-refractivity contribution in [3.8, 4) is 17.1 Å². The van der Waals surface area contributed by atoms with E-state index in [1.165, 1.54) is 137 Å². The van der Waals surface area contributed by atoms with Gasteiger partial charge in [0, 0.05) is 100 Å². The third-order valence-electron chi connectivity index (χ3n) is 22.0. The lowest BCUT2D eigenvalue weighted by atomic mass is 9.35. The topological polar surface area (TPSA) is 21.3 Å². The standard InChI is InChI=1S/2C36H25BN2.C25H18BN/c1-4-13-26(14-5-1)37-32-20-10-11-22-34(32)39-35-25-29(23-24-30(35)31-19-12-21-33(37)36(31)39)38(27-15-6-2-7-16-27)28-17-8-3-9-18-28;1-4-13-26(14-5-1)37-32-20-10-11-22-35(32)39-34-24-23-29(25-31(34)30-19-12-21-33(37)36(30)39)38(27-15-6-2-7-16-27)28-17-8-3-9-18-28;1-17-9-7-16-23-24(17)19-12-8-14-21-25(19)27(23)22-15-6-5-13-20(22)26(21)18-10-3-2-4-11-18/h2*1-25H;2-16H,1H3. The average molecular weight is 1340 g/mol. The molecule has 22 rings (SSSR count). The van der Waals surface area contributed by atoms with Crippen LogP contribution in [0.5, 0.6) is 0 Å². The highest BCUT2D eigenvalue weighted by Crippen LogP contribution is 2.43. The number of rotatable bonds is 9. The minimum Gasteiger partial charge on any atom is -0.310 e. The van der Waals surface area contributed by atoms with Crippen molar-refractivity contribution < 1.29 is 0 Å². The van der Waals surface area contributed by atoms with Crippen molar-refractivity contribution in [3.05, 3.63) is 400 Å². The molecule has 3 aliphatic heterocycles. The van der Waals surface area contributed by atoms with Gasteiger partial charge in [-0.3, -0.25) is 0 Å². The lowest BCUT2D eigenvalue weighted by Crippen LogP contribution is -2.55. The molecule has 16 aromatic carbocycles. The van der Waals surface area contributed by atoms with E-state index in [2.05, 4.69) is 425 Å². The van der Waals surface area contributed by atoms with Crippen LogP contribution in [0.25, 0.3) is 82.5 Å². The normalized spacial score (nSPS) is 12.2. The van der Waals surface area contributed by atoms with Crippen LogP contribution in [0, 0.1) is 6.92 Å². The van der Waals surface area contributed by atoms with Crippen molar-refractivity contribution in [2.24, 2.45) is 0 Å². The zero-order valence-corrected chi connectivity index (χ0v) is 58.0. The molecule has 0 spiro atoms. The van der Waals surface area contributed by atoms with Gasteiger partial charge in [-0.2, -0.15) is 0 Å². The van der Waals surface area contributed by atoms with Gasteiger partial charge in [0.2, 0.25) is 20.1 Å². The summed E-state index contributed by atoms with van der Waals surface area (Å²) < 4.78 is 7.45. The van der Waals surface area contributed by atoms with Crippen LogP contribution in [-0.2, 0) is 0 Å². The van der Waals surface area contributed by atoms with E-state index < -0.39 is 0 Å². The molecule has 0 bridgehead atoms. The first kappa shape index (κ1) is 61.6. The van der Waals surface area contributed by atoms with Gasteiger partial charge in [0.05, 0.1) is 16.6 Å². The number of aromatic nitrogens is 3. The van der Waals surface area contributed by atoms with E-state index in [1.807, 2.05) is 0 Å². The number of benzene rings is 16. The molecule has 6 heterocycles. The van der Waals surface area contributed by atoms with E-state index in [1.54, 1.807) is 0 Å². The first-order chi connectivity index (χ1) is 52.1. The number of nitrogens with zero attached hydrogens (tertiary/aromatic N) is 5. The third-order valence-corrected chi connectivity index (χ3v) is 22.0. The molecule has 0 amide bonds. The monoisotopic (exact) mass is 1340 g/mol. The quantitative estimate of drug-likeness (QED) is 0.134. The fourth-order valence-corrected chi connectivity index (χ4v) is 17.7. The van der Waals surface area contributed by atoms with Crippen molar-refractivity contribution >= 4 is 169 Å². The molecule has 0 atom stereocenters. The summed E-state index contributed by atoms with van der Waals surface area (Å²) in [5.41, 5.74) is 32.0. The second-order valence-electron chi connectivity index (χ2n) is 27.8. The molecule has 0 saturated heterocycles. The predicted molar refractivity (Wildman–Crippen MR) is 450 cm³/mol. The van der Waals surface area contributed by atoms with E-state index in [4.69, 9.17) is 0 Å². The van der Waals surface area contributed by atoms with Gasteiger partial charge in [0.1, 0.15) is 0 Å². The Labute approximate surface area is 612 Å². The molecule has 0 radical (unpaired) electrons. The predicted octanol–water partition coefficient (Wildman–Crippen LogP) is 18.1. The largest absolute Gasteiger partial charge is 0.310 e. The van der Waals surface area contributed by atoms with Gasteiger partial charge in [-0.05, 0) is 148 Å². The van der Waals surface area contributed by atoms with E-state index in [-0.39, 0.29) is 20.1 Å². The molecule has 3 aromatic heterocycles. The van der Waals surface area contributed by atoms with Crippen molar-refractivity contribution in [1.29, 1.82) is 0 Å². The number of para-hydroxylation sites is 10. The summed E-state index contributed by atoms with van der Waals surface area (Å²) in [6.45, 7) is 2.89. The minimum atomic E-state index is 0.201. The maximum absolute atomic E-state index is 2.49. The van der Waals surface area contributed by atoms with Crippen molar-refractivity contribution in [3.63, 3.8) is 0 Å². The molecule has 3 aliphatic rings. The Hall–Kier alpha value is -13.3. The lowest BCUT2D eigenvalue weighted by Gasteiger charge is -2.27. The maximum Gasteiger partial charge on any atom is 0.246 e. The van der Waals surface area contributed by atoms with E-state index in [9.17, 15) is 0 Å². The summed E-state index contributed by atoms with van der Waals surface area (Å²) in [6.07, 6.45) is 0. The molecule has 0 fully saturated rings. The Balaban J connectivity index is 0.000000107. The second-order valence-corrected chi connectivity index (χ2v) is 27.8. The SMILES string of the molecule is Cc1cccc2c1c1cccc3c1n2-c1ccccc1B3c1ccccc1.c1ccc(B2c3ccccc3-n3c4cc(N(c5ccccc5)c5ccccc5)ccc4c4cccc2c43)cc1.c1ccc(B2c3ccccc3-n3c4ccc(N(c5ccccc5)c5ccccc5)cc4c4cccc2c43)cc1. The van der Waals surface area contributed by atoms with Crippen LogP contribution >= 0.6 is 0 Å². The highest BCUT2D eigenvalue weighted by atomic mass is 15.2. The van der Waals surface area contributed by atoms with Crippen LogP contribution < -0.4 is 59.0 Å². The van der Waals surface area contributed by atoms with Gasteiger partial charge >= 0.3 is 0 Å². The minimum absolute atomic E-state index is 0.201. The van der Waals surface area contributed by atoms with Crippen molar-refractivity contribution in [2.45, 2.75) is 6.92 Å². The first-order valence-electron chi connectivity index (χ1n) is 36.5. The molecule has 0 saturated carbocycles. The smallest absolute Gasteiger partial charge is 0.246 e. The van der Waals surface area contributed by atoms with E-state index >= 15 is 0 Å². The fraction of sp³-hybridized carbons (Fsp3) is 0.0103. The summed E-state index contributed by atoms with van der Waals surface area (Å²) in [4.78, 5) is 4.68. The molecular weight excluding hydrogens is 1270 g/mol. The summed E-state index contributed by atoms with van der Waals surface area (Å²) in [6, 6.07) is 143. The molecule has 0 N–H and O–H groups in total. The molecule has 8 heteroatoms. The third kappa shape index (κ3) is 10.1. The Bertz CT molecular complexity index is 6370. The molecule has 490 valence electrons. The second kappa shape index (κ2) is 25.7. The Morgan fingerprint density at radius 3 is 0.971 bits per heavy atom. The molecule has 105 heavy (non-hydrogen) atoms. The zero-order chi connectivity index (χ0) is 69.5. The number of fused-ring (bicyclic) bond motifs is 15. The van der Waals surface area contributed by atoms with Crippen LogP contribution in [0.1, 0.15) is 5.56 Å². The Kier molecular flexibility index (Phi) is 15.0. The first-order valence-corrected chi connectivity index (χ1v) is 36.5. The highest BCUT2D eigenvalue weighted by Gasteiger charge is 2.37. The molecule has 5 nitrogen and oxygen atoms in total. The highest BCUT2D eigenvalue weighted by molar-refractivity contribution is 6.99. The zero-order valence-electron chi connectivity index (χ0n) is 58.0. The summed E-state index contributed by atoms with van der Waals surface area (Å²) >= 11 is 0. The van der Waals surface area contributed by atoms with Gasteiger partial charge < -0.3 is 23.5 Å². The number of hydrogen-bond acceptors (Lipinski definition) is 2. The van der Waals surface area contributed by atoms with Gasteiger partial charge in [0.15, 0.2) is 0 Å². The summed E-state index contributed by atoms with van der Waals surface area (Å²) in [5, 5.41) is 7.87. The molecule has 0 aliphatic carbocycles. The molecular formula is C97H68B3N5.